The van der Waals surface area contributed by atoms with Gasteiger partial charge in [0.25, 0.3) is 5.91 Å². The lowest BCUT2D eigenvalue weighted by Crippen LogP contribution is -2.54. The number of carbonyl (C=O) groups is 2. The van der Waals surface area contributed by atoms with Crippen LogP contribution >= 0.6 is 0 Å². The average Bonchev–Trinajstić information content (AvgIpc) is 3.15. The Morgan fingerprint density at radius 3 is 2.42 bits per heavy atom. The molecule has 7 nitrogen and oxygen atoms in total. The second kappa shape index (κ2) is 7.17. The van der Waals surface area contributed by atoms with Gasteiger partial charge in [-0.2, -0.15) is 0 Å². The van der Waals surface area contributed by atoms with Crippen molar-refractivity contribution in [2.75, 3.05) is 44.2 Å². The molecule has 130 valence electrons. The molecule has 0 radical (unpaired) electrons. The first kappa shape index (κ1) is 16.7. The summed E-state index contributed by atoms with van der Waals surface area (Å²) in [6, 6.07) is 3.33. The molecule has 0 bridgehead atoms. The standard InChI is InChI=1S/C17H25N5O2/c1-13(17(24)22-7-2-3-8-22)20-9-11-21(12-10-20)16-14(15(18)23)5-4-6-19-16/h4-6,13H,2-3,7-12H2,1H3,(H2,18,23). The van der Waals surface area contributed by atoms with Gasteiger partial charge >= 0.3 is 0 Å². The van der Waals surface area contributed by atoms with Gasteiger partial charge in [0.2, 0.25) is 5.91 Å². The molecular formula is C17H25N5O2. The Labute approximate surface area is 142 Å². The van der Waals surface area contributed by atoms with Crippen LogP contribution < -0.4 is 10.6 Å². The molecule has 7 heteroatoms. The molecule has 2 amide bonds. The Hall–Kier alpha value is -2.15. The van der Waals surface area contributed by atoms with E-state index >= 15 is 0 Å². The van der Waals surface area contributed by atoms with E-state index in [9.17, 15) is 9.59 Å². The van der Waals surface area contributed by atoms with Crippen LogP contribution in [0.15, 0.2) is 18.3 Å². The highest BCUT2D eigenvalue weighted by molar-refractivity contribution is 5.97. The zero-order valence-corrected chi connectivity index (χ0v) is 14.1. The lowest BCUT2D eigenvalue weighted by molar-refractivity contribution is -0.135. The van der Waals surface area contributed by atoms with Crippen LogP contribution in [-0.4, -0.2) is 71.9 Å². The fourth-order valence-electron chi connectivity index (χ4n) is 3.52. The zero-order chi connectivity index (χ0) is 17.1. The highest BCUT2D eigenvalue weighted by Crippen LogP contribution is 2.20. The summed E-state index contributed by atoms with van der Waals surface area (Å²) in [7, 11) is 0. The summed E-state index contributed by atoms with van der Waals surface area (Å²) in [5.74, 6) is 0.415. The average molecular weight is 331 g/mol. The molecule has 2 aliphatic rings. The number of aromatic nitrogens is 1. The molecule has 0 aromatic carbocycles. The van der Waals surface area contributed by atoms with Crippen LogP contribution in [0.25, 0.3) is 0 Å². The number of pyridine rings is 1. The number of primary amides is 1. The Bertz CT molecular complexity index is 607. The Morgan fingerprint density at radius 1 is 1.12 bits per heavy atom. The third-order valence-corrected chi connectivity index (χ3v) is 4.99. The van der Waals surface area contributed by atoms with Crippen molar-refractivity contribution in [3.05, 3.63) is 23.9 Å². The Kier molecular flexibility index (Phi) is 4.99. The van der Waals surface area contributed by atoms with E-state index in [0.29, 0.717) is 11.4 Å². The third kappa shape index (κ3) is 3.36. The molecule has 1 aromatic rings. The van der Waals surface area contributed by atoms with Gasteiger partial charge in [0.05, 0.1) is 11.6 Å². The lowest BCUT2D eigenvalue weighted by atomic mass is 10.1. The van der Waals surface area contributed by atoms with Crippen molar-refractivity contribution in [2.24, 2.45) is 5.73 Å². The van der Waals surface area contributed by atoms with Gasteiger partial charge in [-0.3, -0.25) is 14.5 Å². The highest BCUT2D eigenvalue weighted by Gasteiger charge is 2.30. The van der Waals surface area contributed by atoms with Crippen molar-refractivity contribution < 1.29 is 9.59 Å². The molecule has 0 aliphatic carbocycles. The van der Waals surface area contributed by atoms with Crippen LogP contribution in [0.2, 0.25) is 0 Å². The smallest absolute Gasteiger partial charge is 0.252 e. The molecule has 2 fully saturated rings. The molecule has 2 N–H and O–H groups in total. The predicted molar refractivity (Wildman–Crippen MR) is 91.8 cm³/mol. The maximum Gasteiger partial charge on any atom is 0.252 e. The topological polar surface area (TPSA) is 82.8 Å². The normalized spacial score (nSPS) is 20.2. The Morgan fingerprint density at radius 2 is 1.79 bits per heavy atom. The van der Waals surface area contributed by atoms with Gasteiger partial charge in [0.1, 0.15) is 5.82 Å². The maximum absolute atomic E-state index is 12.5. The summed E-state index contributed by atoms with van der Waals surface area (Å²) in [5, 5.41) is 0. The number of rotatable bonds is 4. The molecule has 3 heterocycles. The summed E-state index contributed by atoms with van der Waals surface area (Å²) < 4.78 is 0. The maximum atomic E-state index is 12.5. The van der Waals surface area contributed by atoms with Crippen molar-refractivity contribution >= 4 is 17.6 Å². The number of piperazine rings is 1. The van der Waals surface area contributed by atoms with Gasteiger partial charge in [-0.25, -0.2) is 4.98 Å². The van der Waals surface area contributed by atoms with Crippen molar-refractivity contribution in [3.63, 3.8) is 0 Å². The van der Waals surface area contributed by atoms with Crippen LogP contribution in [0.5, 0.6) is 0 Å². The van der Waals surface area contributed by atoms with E-state index in [4.69, 9.17) is 5.73 Å². The first-order chi connectivity index (χ1) is 11.6. The van der Waals surface area contributed by atoms with Gasteiger partial charge in [0, 0.05) is 45.5 Å². The molecule has 1 unspecified atom stereocenters. The number of hydrogen-bond donors (Lipinski definition) is 1. The van der Waals surface area contributed by atoms with E-state index < -0.39 is 5.91 Å². The van der Waals surface area contributed by atoms with Crippen LogP contribution in [0, 0.1) is 0 Å². The second-order valence-electron chi connectivity index (χ2n) is 6.47. The van der Waals surface area contributed by atoms with Crippen LogP contribution in [0.4, 0.5) is 5.82 Å². The van der Waals surface area contributed by atoms with E-state index in [1.807, 2.05) is 11.8 Å². The number of anilines is 1. The van der Waals surface area contributed by atoms with E-state index in [1.165, 1.54) is 0 Å². The summed E-state index contributed by atoms with van der Waals surface area (Å²) in [4.78, 5) is 34.7. The van der Waals surface area contributed by atoms with Crippen molar-refractivity contribution in [1.29, 1.82) is 0 Å². The molecule has 0 saturated carbocycles. The minimum absolute atomic E-state index is 0.0930. The van der Waals surface area contributed by atoms with Gasteiger partial charge in [-0.1, -0.05) is 0 Å². The van der Waals surface area contributed by atoms with E-state index in [0.717, 1.165) is 52.1 Å². The molecule has 2 saturated heterocycles. The summed E-state index contributed by atoms with van der Waals surface area (Å²) in [6.45, 7) is 6.78. The van der Waals surface area contributed by atoms with E-state index in [1.54, 1.807) is 18.3 Å². The number of nitrogens with two attached hydrogens (primary N) is 1. The first-order valence-corrected chi connectivity index (χ1v) is 8.60. The largest absolute Gasteiger partial charge is 0.365 e. The van der Waals surface area contributed by atoms with Gasteiger partial charge < -0.3 is 15.5 Å². The second-order valence-corrected chi connectivity index (χ2v) is 6.47. The van der Waals surface area contributed by atoms with Gasteiger partial charge in [-0.15, -0.1) is 0 Å². The van der Waals surface area contributed by atoms with Crippen LogP contribution in [-0.2, 0) is 4.79 Å². The predicted octanol–water partition coefficient (Wildman–Crippen LogP) is 0.313. The quantitative estimate of drug-likeness (QED) is 0.859. The van der Waals surface area contributed by atoms with Gasteiger partial charge in [-0.05, 0) is 31.9 Å². The molecule has 24 heavy (non-hydrogen) atoms. The van der Waals surface area contributed by atoms with Crippen LogP contribution in [0.3, 0.4) is 0 Å². The fraction of sp³-hybridized carbons (Fsp3) is 0.588. The molecule has 3 rings (SSSR count). The number of likely N-dealkylation sites (tertiary alicyclic amines) is 1. The highest BCUT2D eigenvalue weighted by atomic mass is 16.2. The molecule has 1 aromatic heterocycles. The van der Waals surface area contributed by atoms with Crippen LogP contribution in [0.1, 0.15) is 30.1 Å². The number of hydrogen-bond acceptors (Lipinski definition) is 5. The fourth-order valence-corrected chi connectivity index (χ4v) is 3.52. The van der Waals surface area contributed by atoms with Crippen molar-refractivity contribution in [2.45, 2.75) is 25.8 Å². The summed E-state index contributed by atoms with van der Waals surface area (Å²) >= 11 is 0. The summed E-state index contributed by atoms with van der Waals surface area (Å²) in [5.41, 5.74) is 5.89. The Balaban J connectivity index is 1.61. The lowest BCUT2D eigenvalue weighted by Gasteiger charge is -2.39. The SMILES string of the molecule is CC(C(=O)N1CCCC1)N1CCN(c2ncccc2C(N)=O)CC1. The monoisotopic (exact) mass is 331 g/mol. The number of carbonyl (C=O) groups excluding carboxylic acids is 2. The molecular weight excluding hydrogens is 306 g/mol. The summed E-state index contributed by atoms with van der Waals surface area (Å²) in [6.07, 6.45) is 3.90. The third-order valence-electron chi connectivity index (χ3n) is 4.99. The molecule has 2 aliphatic heterocycles. The number of amides is 2. The minimum atomic E-state index is -0.460. The number of nitrogens with zero attached hydrogens (tertiary/aromatic N) is 4. The van der Waals surface area contributed by atoms with E-state index in [2.05, 4.69) is 14.8 Å². The van der Waals surface area contributed by atoms with Gasteiger partial charge in [0.15, 0.2) is 0 Å². The minimum Gasteiger partial charge on any atom is -0.365 e. The van der Waals surface area contributed by atoms with Crippen molar-refractivity contribution in [3.8, 4) is 0 Å². The first-order valence-electron chi connectivity index (χ1n) is 8.60. The molecule has 1 atom stereocenters. The zero-order valence-electron chi connectivity index (χ0n) is 14.1. The van der Waals surface area contributed by atoms with E-state index in [-0.39, 0.29) is 11.9 Å². The molecule has 0 spiro atoms. The van der Waals surface area contributed by atoms with Crippen molar-refractivity contribution in [1.82, 2.24) is 14.8 Å².